The third-order valence-corrected chi connectivity index (χ3v) is 3.67. The van der Waals surface area contributed by atoms with Gasteiger partial charge in [0, 0.05) is 16.7 Å². The van der Waals surface area contributed by atoms with Crippen molar-refractivity contribution >= 4 is 11.9 Å². The number of aromatic hydroxyl groups is 3. The number of benzene rings is 2. The number of ether oxygens (including phenoxy) is 1. The molecule has 0 amide bonds. The van der Waals surface area contributed by atoms with E-state index in [0.717, 1.165) is 0 Å². The van der Waals surface area contributed by atoms with Crippen LogP contribution in [0.2, 0.25) is 0 Å². The van der Waals surface area contributed by atoms with Crippen molar-refractivity contribution in [1.82, 2.24) is 0 Å². The number of phenolic OH excluding ortho intramolecular Hbond substituents is 3. The average molecular weight is 314 g/mol. The van der Waals surface area contributed by atoms with E-state index >= 15 is 0 Å². The fraction of sp³-hybridized carbons (Fsp3) is 0.167. The smallest absolute Gasteiger partial charge is 0.193 e. The van der Waals surface area contributed by atoms with Crippen LogP contribution in [0, 0.1) is 13.8 Å². The van der Waals surface area contributed by atoms with Crippen molar-refractivity contribution in [3.63, 3.8) is 0 Å². The summed E-state index contributed by atoms with van der Waals surface area (Å²) in [5, 5.41) is 29.8. The van der Waals surface area contributed by atoms with Crippen molar-refractivity contribution in [2.24, 2.45) is 0 Å². The quantitative estimate of drug-likeness (QED) is 0.595. The van der Waals surface area contributed by atoms with Gasteiger partial charge in [0.2, 0.25) is 0 Å². The molecule has 0 atom stereocenters. The van der Waals surface area contributed by atoms with Gasteiger partial charge >= 0.3 is 0 Å². The Kier molecular flexibility index (Phi) is 4.60. The van der Waals surface area contributed by atoms with Crippen molar-refractivity contribution in [3.05, 3.63) is 52.6 Å². The van der Waals surface area contributed by atoms with E-state index in [0.29, 0.717) is 11.1 Å². The number of hydrogen-bond acceptors (Lipinski definition) is 5. The molecule has 2 aromatic carbocycles. The first kappa shape index (κ1) is 16.4. The van der Waals surface area contributed by atoms with E-state index in [1.807, 2.05) is 0 Å². The van der Waals surface area contributed by atoms with Crippen LogP contribution in [0.15, 0.2) is 30.3 Å². The van der Waals surface area contributed by atoms with Crippen molar-refractivity contribution in [2.75, 3.05) is 7.11 Å². The Hall–Kier alpha value is -2.95. The van der Waals surface area contributed by atoms with E-state index in [-0.39, 0.29) is 34.1 Å². The second-order valence-electron chi connectivity index (χ2n) is 5.11. The Bertz CT molecular complexity index is 790. The Labute approximate surface area is 134 Å². The summed E-state index contributed by atoms with van der Waals surface area (Å²) in [6, 6.07) is 6.58. The minimum atomic E-state index is -0.492. The maximum absolute atomic E-state index is 12.5. The van der Waals surface area contributed by atoms with Gasteiger partial charge in [-0.15, -0.1) is 0 Å². The predicted molar refractivity (Wildman–Crippen MR) is 87.3 cm³/mol. The Morgan fingerprint density at radius 3 is 2.30 bits per heavy atom. The third-order valence-electron chi connectivity index (χ3n) is 3.67. The lowest BCUT2D eigenvalue weighted by Gasteiger charge is -2.15. The summed E-state index contributed by atoms with van der Waals surface area (Å²) in [5.74, 6) is -0.755. The standard InChI is InChI=1S/C18H18O5/c1-10-16(21)11(2)18(23-3)15(17(10)22)14(20)9-8-12-6-4-5-7-13(12)19/h4-9,19,21-22H,1-3H3/b9-8+. The highest BCUT2D eigenvalue weighted by molar-refractivity contribution is 6.11. The molecular weight excluding hydrogens is 296 g/mol. The molecule has 0 heterocycles. The minimum Gasteiger partial charge on any atom is -0.507 e. The lowest BCUT2D eigenvalue weighted by Crippen LogP contribution is -2.03. The number of rotatable bonds is 4. The zero-order valence-electron chi connectivity index (χ0n) is 13.1. The van der Waals surface area contributed by atoms with E-state index in [1.54, 1.807) is 25.1 Å². The number of para-hydroxylation sites is 1. The minimum absolute atomic E-state index is 0.0213. The normalized spacial score (nSPS) is 10.9. The molecule has 5 heteroatoms. The first-order valence-corrected chi connectivity index (χ1v) is 6.98. The van der Waals surface area contributed by atoms with Gasteiger partial charge in [-0.2, -0.15) is 0 Å². The third kappa shape index (κ3) is 2.99. The van der Waals surface area contributed by atoms with Gasteiger partial charge in [-0.3, -0.25) is 4.79 Å². The topological polar surface area (TPSA) is 87.0 Å². The fourth-order valence-corrected chi connectivity index (χ4v) is 2.34. The van der Waals surface area contributed by atoms with Gasteiger partial charge in [-0.25, -0.2) is 0 Å². The zero-order valence-corrected chi connectivity index (χ0v) is 13.1. The summed E-state index contributed by atoms with van der Waals surface area (Å²) in [5.41, 5.74) is 1.04. The number of carbonyl (C=O) groups is 1. The highest BCUT2D eigenvalue weighted by Crippen LogP contribution is 2.41. The van der Waals surface area contributed by atoms with Crippen LogP contribution in [-0.4, -0.2) is 28.2 Å². The summed E-state index contributed by atoms with van der Waals surface area (Å²) >= 11 is 0. The molecule has 2 rings (SSSR count). The summed E-state index contributed by atoms with van der Waals surface area (Å²) in [6.45, 7) is 3.12. The fourth-order valence-electron chi connectivity index (χ4n) is 2.34. The number of methoxy groups -OCH3 is 1. The molecule has 5 nitrogen and oxygen atoms in total. The van der Waals surface area contributed by atoms with E-state index < -0.39 is 5.78 Å². The molecule has 2 aromatic rings. The van der Waals surface area contributed by atoms with Crippen molar-refractivity contribution in [3.8, 4) is 23.0 Å². The van der Waals surface area contributed by atoms with Crippen molar-refractivity contribution in [1.29, 1.82) is 0 Å². The number of hydrogen-bond donors (Lipinski definition) is 3. The lowest BCUT2D eigenvalue weighted by atomic mass is 9.98. The van der Waals surface area contributed by atoms with Crippen LogP contribution in [-0.2, 0) is 0 Å². The van der Waals surface area contributed by atoms with Crippen molar-refractivity contribution in [2.45, 2.75) is 13.8 Å². The molecule has 0 radical (unpaired) electrons. The molecule has 23 heavy (non-hydrogen) atoms. The summed E-state index contributed by atoms with van der Waals surface area (Å²) in [7, 11) is 1.36. The molecule has 3 N–H and O–H groups in total. The second kappa shape index (κ2) is 6.44. The Balaban J connectivity index is 2.50. The van der Waals surface area contributed by atoms with Crippen molar-refractivity contribution < 1.29 is 24.9 Å². The number of ketones is 1. The maximum Gasteiger partial charge on any atom is 0.193 e. The van der Waals surface area contributed by atoms with Gasteiger partial charge in [0.25, 0.3) is 0 Å². The molecule has 0 fully saturated rings. The first-order valence-electron chi connectivity index (χ1n) is 6.98. The molecule has 0 aliphatic heterocycles. The first-order chi connectivity index (χ1) is 10.9. The zero-order chi connectivity index (χ0) is 17.1. The van der Waals surface area contributed by atoms with Crippen LogP contribution in [0.3, 0.4) is 0 Å². The maximum atomic E-state index is 12.5. The molecule has 0 bridgehead atoms. The van der Waals surface area contributed by atoms with E-state index in [4.69, 9.17) is 4.74 Å². The molecule has 0 aliphatic carbocycles. The SMILES string of the molecule is COc1c(C)c(O)c(C)c(O)c1C(=O)/C=C/c1ccccc1O. The van der Waals surface area contributed by atoms with Gasteiger partial charge in [0.05, 0.1) is 7.11 Å². The van der Waals surface area contributed by atoms with E-state index in [2.05, 4.69) is 0 Å². The number of carbonyl (C=O) groups excluding carboxylic acids is 1. The molecule has 0 saturated carbocycles. The molecule has 0 aliphatic rings. The van der Waals surface area contributed by atoms with Crippen LogP contribution >= 0.6 is 0 Å². The molecular formula is C18H18O5. The van der Waals surface area contributed by atoms with Crippen LogP contribution in [0.25, 0.3) is 6.08 Å². The van der Waals surface area contributed by atoms with Gasteiger partial charge in [0.1, 0.15) is 28.6 Å². The van der Waals surface area contributed by atoms with E-state index in [9.17, 15) is 20.1 Å². The number of allylic oxidation sites excluding steroid dienone is 1. The molecule has 0 aromatic heterocycles. The van der Waals surface area contributed by atoms with Gasteiger partial charge in [0.15, 0.2) is 5.78 Å². The van der Waals surface area contributed by atoms with Crippen LogP contribution in [0.4, 0.5) is 0 Å². The predicted octanol–water partition coefficient (Wildman–Crippen LogP) is 3.32. The molecule has 0 unspecified atom stereocenters. The summed E-state index contributed by atoms with van der Waals surface area (Å²) in [6.07, 6.45) is 2.69. The molecule has 120 valence electrons. The Morgan fingerprint density at radius 2 is 1.70 bits per heavy atom. The Morgan fingerprint density at radius 1 is 1.04 bits per heavy atom. The monoisotopic (exact) mass is 314 g/mol. The number of phenols is 3. The largest absolute Gasteiger partial charge is 0.507 e. The highest BCUT2D eigenvalue weighted by Gasteiger charge is 2.23. The molecule has 0 spiro atoms. The van der Waals surface area contributed by atoms with Gasteiger partial charge in [-0.1, -0.05) is 18.2 Å². The summed E-state index contributed by atoms with van der Waals surface area (Å²) in [4.78, 5) is 12.5. The van der Waals surface area contributed by atoms with E-state index in [1.165, 1.54) is 32.3 Å². The highest BCUT2D eigenvalue weighted by atomic mass is 16.5. The average Bonchev–Trinajstić information content (AvgIpc) is 2.55. The van der Waals surface area contributed by atoms with Crippen LogP contribution in [0.1, 0.15) is 27.0 Å². The lowest BCUT2D eigenvalue weighted by molar-refractivity contribution is 0.104. The summed E-state index contributed by atoms with van der Waals surface area (Å²) < 4.78 is 5.17. The van der Waals surface area contributed by atoms with Gasteiger partial charge < -0.3 is 20.1 Å². The second-order valence-corrected chi connectivity index (χ2v) is 5.11. The van der Waals surface area contributed by atoms with Gasteiger partial charge in [-0.05, 0) is 32.1 Å². The van der Waals surface area contributed by atoms with Crippen LogP contribution in [0.5, 0.6) is 23.0 Å². The van der Waals surface area contributed by atoms with Crippen LogP contribution < -0.4 is 4.74 Å². The molecule has 0 saturated heterocycles.